The number of alkyl halides is 1. The molecule has 0 radical (unpaired) electrons. The normalized spacial score (nSPS) is 17.8. The number of piperidine rings is 1. The van der Waals surface area contributed by atoms with Gasteiger partial charge in [0.1, 0.15) is 42.2 Å². The number of aromatic nitrogens is 6. The Kier molecular flexibility index (Phi) is 6.53. The zero-order chi connectivity index (χ0) is 26.9. The topological polar surface area (TPSA) is 112 Å². The zero-order valence-electron chi connectivity index (χ0n) is 21.7. The largest absolute Gasteiger partial charge is 0.481 e. The summed E-state index contributed by atoms with van der Waals surface area (Å²) >= 11 is 0. The van der Waals surface area contributed by atoms with Crippen molar-refractivity contribution in [1.82, 2.24) is 34.4 Å². The van der Waals surface area contributed by atoms with Crippen LogP contribution >= 0.6 is 0 Å². The van der Waals surface area contributed by atoms with Gasteiger partial charge in [-0.25, -0.2) is 28.8 Å². The molecule has 1 aliphatic heterocycles. The van der Waals surface area contributed by atoms with Gasteiger partial charge in [-0.15, -0.1) is 0 Å². The summed E-state index contributed by atoms with van der Waals surface area (Å²) in [4.78, 5) is 19.3. The number of pyridine rings is 2. The van der Waals surface area contributed by atoms with Gasteiger partial charge in [0.15, 0.2) is 11.4 Å². The molecule has 200 valence electrons. The van der Waals surface area contributed by atoms with E-state index in [2.05, 4.69) is 30.4 Å². The third-order valence-corrected chi connectivity index (χ3v) is 6.67. The SMILES string of the molecule is COc1ncc2ncnc(Nc3ccc(Oc4ccn5ncnc5c4)c(C)c3)c2c1OC1CCN(C)CC1F. The van der Waals surface area contributed by atoms with E-state index in [0.29, 0.717) is 52.6 Å². The zero-order valence-corrected chi connectivity index (χ0v) is 21.7. The molecule has 4 aromatic heterocycles. The Morgan fingerprint density at radius 3 is 2.79 bits per heavy atom. The first-order valence-corrected chi connectivity index (χ1v) is 12.5. The maximum Gasteiger partial charge on any atom is 0.257 e. The number of hydrogen-bond donors (Lipinski definition) is 1. The molecule has 6 rings (SSSR count). The molecule has 1 N–H and O–H groups in total. The van der Waals surface area contributed by atoms with Gasteiger partial charge < -0.3 is 24.4 Å². The standard InChI is InChI=1S/C27H27FN8O3/c1-16-10-17(4-5-21(16)38-18-6-9-36-23(11-18)31-15-33-36)34-26-24-20(30-14-32-26)12-29-27(37-3)25(24)39-22-7-8-35(2)13-19(22)28/h4-6,9-12,14-15,19,22H,7-8,13H2,1-3H3,(H,30,32,34). The molecular weight excluding hydrogens is 503 g/mol. The molecule has 1 aliphatic rings. The van der Waals surface area contributed by atoms with E-state index in [1.807, 2.05) is 49.2 Å². The highest BCUT2D eigenvalue weighted by atomic mass is 19.1. The van der Waals surface area contributed by atoms with Crippen molar-refractivity contribution >= 4 is 28.1 Å². The van der Waals surface area contributed by atoms with Crippen LogP contribution in [0.3, 0.4) is 0 Å². The molecule has 1 aromatic carbocycles. The number of likely N-dealkylation sites (tertiary alicyclic amines) is 1. The molecule has 0 amide bonds. The molecule has 11 nitrogen and oxygen atoms in total. The Hall–Kier alpha value is -4.58. The Bertz CT molecular complexity index is 1640. The minimum Gasteiger partial charge on any atom is -0.481 e. The van der Waals surface area contributed by atoms with Crippen molar-refractivity contribution in [2.24, 2.45) is 0 Å². The average molecular weight is 531 g/mol. The second-order valence-corrected chi connectivity index (χ2v) is 9.43. The van der Waals surface area contributed by atoms with E-state index >= 15 is 0 Å². The lowest BCUT2D eigenvalue weighted by molar-refractivity contribution is 0.0305. The summed E-state index contributed by atoms with van der Waals surface area (Å²) < 4.78 is 34.3. The fraction of sp³-hybridized carbons (Fsp3) is 0.296. The fourth-order valence-corrected chi connectivity index (χ4v) is 4.64. The fourth-order valence-electron chi connectivity index (χ4n) is 4.64. The molecule has 5 aromatic rings. The first kappa shape index (κ1) is 24.7. The summed E-state index contributed by atoms with van der Waals surface area (Å²) in [6.07, 6.45) is 5.08. The highest BCUT2D eigenvalue weighted by Crippen LogP contribution is 2.39. The average Bonchev–Trinajstić information content (AvgIpc) is 3.40. The van der Waals surface area contributed by atoms with E-state index in [-0.39, 0.29) is 5.88 Å². The van der Waals surface area contributed by atoms with Gasteiger partial charge in [0, 0.05) is 31.0 Å². The summed E-state index contributed by atoms with van der Waals surface area (Å²) in [5.74, 6) is 2.40. The van der Waals surface area contributed by atoms with E-state index < -0.39 is 12.3 Å². The number of hydrogen-bond acceptors (Lipinski definition) is 10. The summed E-state index contributed by atoms with van der Waals surface area (Å²) in [5.41, 5.74) is 2.92. The van der Waals surface area contributed by atoms with Crippen LogP contribution in [0, 0.1) is 6.92 Å². The van der Waals surface area contributed by atoms with Gasteiger partial charge >= 0.3 is 0 Å². The monoisotopic (exact) mass is 530 g/mol. The quantitative estimate of drug-likeness (QED) is 0.326. The van der Waals surface area contributed by atoms with Crippen LogP contribution in [0.5, 0.6) is 23.1 Å². The Balaban J connectivity index is 1.30. The maximum atomic E-state index is 14.9. The van der Waals surface area contributed by atoms with Crippen molar-refractivity contribution < 1.29 is 18.6 Å². The summed E-state index contributed by atoms with van der Waals surface area (Å²) in [6, 6.07) is 9.36. The predicted octanol–water partition coefficient (Wildman–Crippen LogP) is 4.34. The summed E-state index contributed by atoms with van der Waals surface area (Å²) in [7, 11) is 3.40. The van der Waals surface area contributed by atoms with Gasteiger partial charge in [-0.1, -0.05) is 0 Å². The summed E-state index contributed by atoms with van der Waals surface area (Å²) in [5, 5.41) is 8.02. The molecule has 0 bridgehead atoms. The lowest BCUT2D eigenvalue weighted by atomic mass is 10.1. The van der Waals surface area contributed by atoms with Crippen LogP contribution in [0.15, 0.2) is 55.4 Å². The van der Waals surface area contributed by atoms with Gasteiger partial charge in [0.25, 0.3) is 5.88 Å². The van der Waals surface area contributed by atoms with E-state index in [4.69, 9.17) is 14.2 Å². The Labute approximate surface area is 223 Å². The second-order valence-electron chi connectivity index (χ2n) is 9.43. The number of methoxy groups -OCH3 is 1. The Morgan fingerprint density at radius 1 is 1.08 bits per heavy atom. The molecule has 1 fully saturated rings. The predicted molar refractivity (Wildman–Crippen MR) is 143 cm³/mol. The highest BCUT2D eigenvalue weighted by Gasteiger charge is 2.31. The molecule has 39 heavy (non-hydrogen) atoms. The number of ether oxygens (including phenoxy) is 3. The van der Waals surface area contributed by atoms with Gasteiger partial charge in [-0.3, -0.25) is 0 Å². The Morgan fingerprint density at radius 2 is 1.97 bits per heavy atom. The van der Waals surface area contributed by atoms with E-state index in [9.17, 15) is 4.39 Å². The van der Waals surface area contributed by atoms with Crippen LogP contribution in [0.1, 0.15) is 12.0 Å². The smallest absolute Gasteiger partial charge is 0.257 e. The number of fused-ring (bicyclic) bond motifs is 2. The van der Waals surface area contributed by atoms with Crippen molar-refractivity contribution in [3.63, 3.8) is 0 Å². The van der Waals surface area contributed by atoms with E-state index in [1.54, 1.807) is 16.9 Å². The molecular formula is C27H27FN8O3. The second kappa shape index (κ2) is 10.3. The first-order valence-electron chi connectivity index (χ1n) is 12.5. The van der Waals surface area contributed by atoms with Crippen LogP contribution in [-0.2, 0) is 0 Å². The van der Waals surface area contributed by atoms with E-state index in [0.717, 1.165) is 17.8 Å². The minimum atomic E-state index is -1.15. The third-order valence-electron chi connectivity index (χ3n) is 6.67. The molecule has 0 saturated carbocycles. The number of nitrogens with zero attached hydrogens (tertiary/aromatic N) is 7. The van der Waals surface area contributed by atoms with E-state index in [1.165, 1.54) is 19.8 Å². The number of nitrogens with one attached hydrogen (secondary N) is 1. The van der Waals surface area contributed by atoms with Crippen LogP contribution in [-0.4, -0.2) is 74.0 Å². The maximum absolute atomic E-state index is 14.9. The van der Waals surface area contributed by atoms with Crippen LogP contribution in [0.25, 0.3) is 16.6 Å². The first-order chi connectivity index (χ1) is 19.0. The van der Waals surface area contributed by atoms with Crippen molar-refractivity contribution in [3.8, 4) is 23.1 Å². The molecule has 12 heteroatoms. The number of benzene rings is 1. The lowest BCUT2D eigenvalue weighted by Gasteiger charge is -2.32. The molecule has 2 unspecified atom stereocenters. The van der Waals surface area contributed by atoms with Crippen LogP contribution < -0.4 is 19.5 Å². The van der Waals surface area contributed by atoms with Crippen LogP contribution in [0.2, 0.25) is 0 Å². The minimum absolute atomic E-state index is 0.246. The van der Waals surface area contributed by atoms with Crippen molar-refractivity contribution in [1.29, 1.82) is 0 Å². The number of halogens is 1. The van der Waals surface area contributed by atoms with Crippen LogP contribution in [0.4, 0.5) is 15.9 Å². The molecule has 1 saturated heterocycles. The molecule has 2 atom stereocenters. The number of rotatable bonds is 7. The van der Waals surface area contributed by atoms with Crippen molar-refractivity contribution in [2.75, 3.05) is 32.6 Å². The number of aryl methyl sites for hydroxylation is 1. The van der Waals surface area contributed by atoms with Gasteiger partial charge in [0.05, 0.1) is 24.2 Å². The van der Waals surface area contributed by atoms with Gasteiger partial charge in [-0.05, 0) is 50.2 Å². The third kappa shape index (κ3) is 4.98. The lowest BCUT2D eigenvalue weighted by Crippen LogP contribution is -2.45. The van der Waals surface area contributed by atoms with Crippen molar-refractivity contribution in [2.45, 2.75) is 25.6 Å². The van der Waals surface area contributed by atoms with Crippen molar-refractivity contribution in [3.05, 3.63) is 60.9 Å². The molecule has 0 spiro atoms. The highest BCUT2D eigenvalue weighted by molar-refractivity contribution is 5.96. The van der Waals surface area contributed by atoms with Gasteiger partial charge in [0.2, 0.25) is 0 Å². The van der Waals surface area contributed by atoms with Gasteiger partial charge in [-0.2, -0.15) is 5.10 Å². The summed E-state index contributed by atoms with van der Waals surface area (Å²) in [6.45, 7) is 2.98. The molecule has 0 aliphatic carbocycles. The molecule has 5 heterocycles. The number of anilines is 2.